The fraction of sp³-hybridized carbons (Fsp3) is 0.150. The molecule has 308 valence electrons. The van der Waals surface area contributed by atoms with Gasteiger partial charge in [0.05, 0.1) is 5.41 Å². The van der Waals surface area contributed by atoms with Gasteiger partial charge in [-0.15, -0.1) is 0 Å². The molecule has 0 amide bonds. The Morgan fingerprint density at radius 1 is 0.359 bits per heavy atom. The Balaban J connectivity index is 1.05. The summed E-state index contributed by atoms with van der Waals surface area (Å²) in [5, 5.41) is 2.23. The second-order valence-corrected chi connectivity index (χ2v) is 19.6. The Labute approximate surface area is 374 Å². The quantitative estimate of drug-likeness (QED) is 0.177. The number of rotatable bonds is 4. The van der Waals surface area contributed by atoms with E-state index in [9.17, 15) is 0 Å². The molecule has 4 nitrogen and oxygen atoms in total. The molecule has 0 atom stereocenters. The molecule has 0 aliphatic heterocycles. The number of benzene rings is 8. The van der Waals surface area contributed by atoms with Gasteiger partial charge in [-0.2, -0.15) is 0 Å². The van der Waals surface area contributed by atoms with Gasteiger partial charge >= 0.3 is 0 Å². The van der Waals surface area contributed by atoms with E-state index in [0.717, 1.165) is 49.8 Å². The zero-order valence-electron chi connectivity index (χ0n) is 37.0. The highest BCUT2D eigenvalue weighted by atomic mass is 16.3. The number of para-hydroxylation sites is 2. The third-order valence-electron chi connectivity index (χ3n) is 13.7. The zero-order chi connectivity index (χ0) is 43.5. The molecule has 0 saturated heterocycles. The Bertz CT molecular complexity index is 3450. The topological polar surface area (TPSA) is 51.8 Å². The first-order chi connectivity index (χ1) is 31.0. The predicted octanol–water partition coefficient (Wildman–Crippen LogP) is 15.4. The van der Waals surface area contributed by atoms with Crippen molar-refractivity contribution in [2.45, 2.75) is 57.8 Å². The second kappa shape index (κ2) is 13.8. The monoisotopic (exact) mass is 825 g/mol. The van der Waals surface area contributed by atoms with Crippen LogP contribution in [0, 0.1) is 0 Å². The van der Waals surface area contributed by atoms with Gasteiger partial charge in [0.25, 0.3) is 0 Å². The van der Waals surface area contributed by atoms with Crippen LogP contribution in [0.2, 0.25) is 0 Å². The van der Waals surface area contributed by atoms with Crippen molar-refractivity contribution >= 4 is 21.9 Å². The van der Waals surface area contributed by atoms with Gasteiger partial charge < -0.3 is 4.42 Å². The minimum atomic E-state index is -0.536. The zero-order valence-corrected chi connectivity index (χ0v) is 37.0. The number of furan rings is 1. The summed E-state index contributed by atoms with van der Waals surface area (Å²) in [5.41, 5.74) is 19.1. The van der Waals surface area contributed by atoms with Crippen molar-refractivity contribution in [3.63, 3.8) is 0 Å². The molecule has 12 rings (SSSR count). The van der Waals surface area contributed by atoms with E-state index < -0.39 is 5.41 Å². The SMILES string of the molecule is CC(C)(C)c1ccc2c(c1)C1(c3ccccc3-c3ccc(-c4nc(-c5ccccc5)nc(-c5ccc(-c6cccc7c6oc6ccccc67)cc5)n4)cc31)c1cc(C(C)(C)C)ccc1-2. The molecule has 0 bridgehead atoms. The molecule has 8 aromatic carbocycles. The van der Waals surface area contributed by atoms with Crippen LogP contribution in [0.1, 0.15) is 74.9 Å². The van der Waals surface area contributed by atoms with Gasteiger partial charge in [-0.25, -0.2) is 15.0 Å². The molecule has 0 unspecified atom stereocenters. The maximum absolute atomic E-state index is 6.42. The van der Waals surface area contributed by atoms with Crippen molar-refractivity contribution in [3.8, 4) is 67.5 Å². The minimum absolute atomic E-state index is 0.0293. The first kappa shape index (κ1) is 38.3. The lowest BCUT2D eigenvalue weighted by Crippen LogP contribution is -2.27. The van der Waals surface area contributed by atoms with Gasteiger partial charge in [0.1, 0.15) is 11.2 Å². The number of hydrogen-bond donors (Lipinski definition) is 0. The van der Waals surface area contributed by atoms with E-state index in [1.165, 1.54) is 55.6 Å². The number of aromatic nitrogens is 3. The highest BCUT2D eigenvalue weighted by Gasteiger charge is 2.52. The van der Waals surface area contributed by atoms with Crippen LogP contribution in [0.25, 0.3) is 89.5 Å². The maximum Gasteiger partial charge on any atom is 0.164 e. The van der Waals surface area contributed by atoms with E-state index in [1.807, 2.05) is 30.3 Å². The summed E-state index contributed by atoms with van der Waals surface area (Å²) in [7, 11) is 0. The van der Waals surface area contributed by atoms with Crippen LogP contribution < -0.4 is 0 Å². The highest BCUT2D eigenvalue weighted by molar-refractivity contribution is 6.09. The average molecular weight is 826 g/mol. The van der Waals surface area contributed by atoms with Crippen LogP contribution in [0.4, 0.5) is 0 Å². The van der Waals surface area contributed by atoms with E-state index in [4.69, 9.17) is 19.4 Å². The Hall–Kier alpha value is -7.43. The number of fused-ring (bicyclic) bond motifs is 13. The normalized spacial score (nSPS) is 13.6. The van der Waals surface area contributed by atoms with Crippen molar-refractivity contribution < 1.29 is 4.42 Å². The molecule has 0 N–H and O–H groups in total. The Morgan fingerprint density at radius 2 is 0.828 bits per heavy atom. The standard InChI is InChI=1S/C60H47N3O/c1-58(2,3)40-28-31-45-46-32-29-41(59(4,5)6)35-52(46)60(51(45)34-40)49-21-12-10-17-43(49)44-30-27-39(33-50(44)60)57-62-55(37-15-8-7-9-16-37)61-56(63-57)38-25-23-36(24-26-38)42-19-14-20-48-47-18-11-13-22-53(47)64-54(42)48/h7-35H,1-6H3. The molecule has 2 aliphatic rings. The van der Waals surface area contributed by atoms with Crippen LogP contribution in [-0.4, -0.2) is 15.0 Å². The molecule has 0 saturated carbocycles. The summed E-state index contributed by atoms with van der Waals surface area (Å²) in [4.78, 5) is 15.7. The van der Waals surface area contributed by atoms with Crippen LogP contribution in [0.5, 0.6) is 0 Å². The summed E-state index contributed by atoms with van der Waals surface area (Å²) in [6, 6.07) is 63.7. The van der Waals surface area contributed by atoms with Crippen molar-refractivity contribution in [1.82, 2.24) is 15.0 Å². The molecule has 4 heteroatoms. The first-order valence-electron chi connectivity index (χ1n) is 22.3. The van der Waals surface area contributed by atoms with Crippen molar-refractivity contribution in [3.05, 3.63) is 209 Å². The molecule has 2 heterocycles. The van der Waals surface area contributed by atoms with E-state index >= 15 is 0 Å². The Morgan fingerprint density at radius 3 is 1.48 bits per heavy atom. The summed E-state index contributed by atoms with van der Waals surface area (Å²) < 4.78 is 6.42. The largest absolute Gasteiger partial charge is 0.455 e. The average Bonchev–Trinajstić information content (AvgIpc) is 3.95. The lowest BCUT2D eigenvalue weighted by Gasteiger charge is -2.33. The van der Waals surface area contributed by atoms with Crippen LogP contribution in [0.15, 0.2) is 180 Å². The highest BCUT2D eigenvalue weighted by Crippen LogP contribution is 2.64. The van der Waals surface area contributed by atoms with Crippen molar-refractivity contribution in [1.29, 1.82) is 0 Å². The van der Waals surface area contributed by atoms with E-state index in [-0.39, 0.29) is 10.8 Å². The summed E-state index contributed by atoms with van der Waals surface area (Å²) in [5.74, 6) is 1.90. The molecule has 64 heavy (non-hydrogen) atoms. The summed E-state index contributed by atoms with van der Waals surface area (Å²) in [6.07, 6.45) is 0. The minimum Gasteiger partial charge on any atom is -0.455 e. The van der Waals surface area contributed by atoms with Crippen LogP contribution in [0.3, 0.4) is 0 Å². The van der Waals surface area contributed by atoms with E-state index in [1.54, 1.807) is 0 Å². The van der Waals surface area contributed by atoms with Gasteiger partial charge in [0, 0.05) is 33.0 Å². The fourth-order valence-electron chi connectivity index (χ4n) is 10.4. The first-order valence-corrected chi connectivity index (χ1v) is 22.3. The number of nitrogens with zero attached hydrogens (tertiary/aromatic N) is 3. The van der Waals surface area contributed by atoms with E-state index in [0.29, 0.717) is 17.5 Å². The van der Waals surface area contributed by atoms with Gasteiger partial charge in [-0.05, 0) is 84.2 Å². The second-order valence-electron chi connectivity index (χ2n) is 19.6. The molecular formula is C60H47N3O. The van der Waals surface area contributed by atoms with Crippen LogP contribution >= 0.6 is 0 Å². The number of hydrogen-bond acceptors (Lipinski definition) is 4. The van der Waals surface area contributed by atoms with Crippen molar-refractivity contribution in [2.75, 3.05) is 0 Å². The predicted molar refractivity (Wildman–Crippen MR) is 263 cm³/mol. The fourth-order valence-corrected chi connectivity index (χ4v) is 10.4. The maximum atomic E-state index is 6.42. The van der Waals surface area contributed by atoms with Gasteiger partial charge in [0.2, 0.25) is 0 Å². The molecule has 0 radical (unpaired) electrons. The third-order valence-corrected chi connectivity index (χ3v) is 13.7. The molecule has 1 spiro atoms. The van der Waals surface area contributed by atoms with Crippen molar-refractivity contribution in [2.24, 2.45) is 0 Å². The molecule has 2 aromatic heterocycles. The van der Waals surface area contributed by atoms with E-state index in [2.05, 4.69) is 187 Å². The lowest BCUT2D eigenvalue weighted by atomic mass is 9.68. The molecule has 2 aliphatic carbocycles. The summed E-state index contributed by atoms with van der Waals surface area (Å²) >= 11 is 0. The van der Waals surface area contributed by atoms with Crippen LogP contribution in [-0.2, 0) is 16.2 Å². The van der Waals surface area contributed by atoms with Gasteiger partial charge in [-0.3, -0.25) is 0 Å². The summed E-state index contributed by atoms with van der Waals surface area (Å²) in [6.45, 7) is 13.9. The molecular weight excluding hydrogens is 779 g/mol. The smallest absolute Gasteiger partial charge is 0.164 e. The molecule has 0 fully saturated rings. The Kier molecular flexibility index (Phi) is 8.24. The lowest BCUT2D eigenvalue weighted by molar-refractivity contribution is 0.586. The third kappa shape index (κ3) is 5.71. The van der Waals surface area contributed by atoms with Gasteiger partial charge in [-0.1, -0.05) is 205 Å². The van der Waals surface area contributed by atoms with Gasteiger partial charge in [0.15, 0.2) is 17.5 Å². The molecule has 10 aromatic rings.